The zero-order valence-corrected chi connectivity index (χ0v) is 19.4. The Morgan fingerprint density at radius 2 is 1.18 bits per heavy atom. The molecule has 0 saturated carbocycles. The van der Waals surface area contributed by atoms with E-state index in [2.05, 4.69) is 34.2 Å². The number of fused-ring (bicyclic) bond motifs is 2. The van der Waals surface area contributed by atoms with Gasteiger partial charge in [0.1, 0.15) is 0 Å². The standard InChI is InChI=1S/C27H18N2O3Se/c1-30-19-9-7-18(8-10-19)27-29-23-14-12-21(16-25(23)32-27)33-20-11-13-22-24(15-20)31-26(28-22)17-5-3-2-4-6-17/h2-16H,1H3. The summed E-state index contributed by atoms with van der Waals surface area (Å²) < 4.78 is 19.7. The zero-order valence-electron chi connectivity index (χ0n) is 17.7. The Hall–Kier alpha value is -3.86. The Morgan fingerprint density at radius 1 is 0.636 bits per heavy atom. The van der Waals surface area contributed by atoms with E-state index < -0.39 is 0 Å². The quantitative estimate of drug-likeness (QED) is 0.315. The molecule has 0 unspecified atom stereocenters. The van der Waals surface area contributed by atoms with Crippen molar-refractivity contribution in [3.63, 3.8) is 0 Å². The van der Waals surface area contributed by atoms with Crippen molar-refractivity contribution in [3.8, 4) is 28.7 Å². The Balaban J connectivity index is 1.27. The second kappa shape index (κ2) is 8.24. The summed E-state index contributed by atoms with van der Waals surface area (Å²) in [6.45, 7) is 0. The summed E-state index contributed by atoms with van der Waals surface area (Å²) >= 11 is 0.0924. The molecule has 0 aliphatic rings. The summed E-state index contributed by atoms with van der Waals surface area (Å²) in [4.78, 5) is 9.26. The van der Waals surface area contributed by atoms with Crippen LogP contribution in [0.15, 0.2) is 99.8 Å². The van der Waals surface area contributed by atoms with E-state index in [1.54, 1.807) is 7.11 Å². The normalized spacial score (nSPS) is 11.3. The maximum atomic E-state index is 6.06. The molecule has 5 nitrogen and oxygen atoms in total. The van der Waals surface area contributed by atoms with Crippen molar-refractivity contribution in [1.29, 1.82) is 0 Å². The molecule has 0 N–H and O–H groups in total. The molecule has 6 aromatic rings. The number of aromatic nitrogens is 2. The van der Waals surface area contributed by atoms with Crippen LogP contribution in [0.5, 0.6) is 5.75 Å². The van der Waals surface area contributed by atoms with Crippen molar-refractivity contribution in [2.75, 3.05) is 7.11 Å². The van der Waals surface area contributed by atoms with Crippen LogP contribution in [0.4, 0.5) is 0 Å². The third-order valence-corrected chi connectivity index (χ3v) is 7.37. The first kappa shape index (κ1) is 19.8. The molecule has 0 aliphatic heterocycles. The molecule has 160 valence electrons. The number of hydrogen-bond acceptors (Lipinski definition) is 5. The Kier molecular flexibility index (Phi) is 4.95. The van der Waals surface area contributed by atoms with Gasteiger partial charge < -0.3 is 0 Å². The van der Waals surface area contributed by atoms with E-state index in [-0.39, 0.29) is 15.0 Å². The van der Waals surface area contributed by atoms with Crippen LogP contribution in [0.25, 0.3) is 45.1 Å². The molecule has 0 saturated heterocycles. The maximum absolute atomic E-state index is 6.06. The molecular weight excluding hydrogens is 479 g/mol. The van der Waals surface area contributed by atoms with Gasteiger partial charge in [0, 0.05) is 0 Å². The fraction of sp³-hybridized carbons (Fsp3) is 0.0370. The predicted octanol–water partition coefficient (Wildman–Crippen LogP) is 4.97. The van der Waals surface area contributed by atoms with E-state index in [0.717, 1.165) is 39.1 Å². The number of ether oxygens (including phenoxy) is 1. The average Bonchev–Trinajstić information content (AvgIpc) is 3.48. The molecule has 0 bridgehead atoms. The van der Waals surface area contributed by atoms with E-state index in [0.29, 0.717) is 11.8 Å². The monoisotopic (exact) mass is 498 g/mol. The van der Waals surface area contributed by atoms with Crippen LogP contribution in [0.3, 0.4) is 0 Å². The zero-order chi connectivity index (χ0) is 22.2. The van der Waals surface area contributed by atoms with Crippen molar-refractivity contribution in [1.82, 2.24) is 9.97 Å². The van der Waals surface area contributed by atoms with Gasteiger partial charge in [0.25, 0.3) is 0 Å². The van der Waals surface area contributed by atoms with Crippen LogP contribution in [0.1, 0.15) is 0 Å². The molecule has 6 heteroatoms. The first-order chi connectivity index (χ1) is 16.2. The van der Waals surface area contributed by atoms with Crippen molar-refractivity contribution < 1.29 is 13.6 Å². The first-order valence-corrected chi connectivity index (χ1v) is 12.2. The van der Waals surface area contributed by atoms with Gasteiger partial charge in [-0.1, -0.05) is 0 Å². The van der Waals surface area contributed by atoms with Crippen LogP contribution in [0, 0.1) is 0 Å². The van der Waals surface area contributed by atoms with E-state index in [1.807, 2.05) is 66.7 Å². The van der Waals surface area contributed by atoms with Crippen molar-refractivity contribution >= 4 is 46.1 Å². The molecule has 0 spiro atoms. The van der Waals surface area contributed by atoms with Crippen LogP contribution < -0.4 is 13.7 Å². The first-order valence-electron chi connectivity index (χ1n) is 10.4. The van der Waals surface area contributed by atoms with Crippen molar-refractivity contribution in [2.45, 2.75) is 0 Å². The molecule has 6 rings (SSSR count). The molecule has 0 aliphatic carbocycles. The van der Waals surface area contributed by atoms with Crippen molar-refractivity contribution in [2.24, 2.45) is 0 Å². The van der Waals surface area contributed by atoms with Gasteiger partial charge in [-0.05, 0) is 0 Å². The number of oxazole rings is 2. The SMILES string of the molecule is COc1ccc(-c2nc3ccc([Se]c4ccc5nc(-c6ccccc6)oc5c4)cc3o2)cc1. The van der Waals surface area contributed by atoms with Crippen LogP contribution >= 0.6 is 0 Å². The van der Waals surface area contributed by atoms with Gasteiger partial charge in [0.2, 0.25) is 0 Å². The topological polar surface area (TPSA) is 61.3 Å². The number of rotatable bonds is 5. The fourth-order valence-corrected chi connectivity index (χ4v) is 5.47. The summed E-state index contributed by atoms with van der Waals surface area (Å²) in [6.07, 6.45) is 0. The summed E-state index contributed by atoms with van der Waals surface area (Å²) in [5.74, 6) is 2.05. The third-order valence-electron chi connectivity index (χ3n) is 5.31. The fourth-order valence-electron chi connectivity index (χ4n) is 3.63. The predicted molar refractivity (Wildman–Crippen MR) is 130 cm³/mol. The van der Waals surface area contributed by atoms with Gasteiger partial charge in [-0.25, -0.2) is 0 Å². The molecule has 0 amide bonds. The molecule has 0 radical (unpaired) electrons. The number of benzene rings is 4. The Morgan fingerprint density at radius 3 is 1.73 bits per heavy atom. The van der Waals surface area contributed by atoms with Gasteiger partial charge in [0.15, 0.2) is 0 Å². The van der Waals surface area contributed by atoms with E-state index in [9.17, 15) is 0 Å². The minimum absolute atomic E-state index is 0.0924. The van der Waals surface area contributed by atoms with E-state index in [1.165, 1.54) is 8.92 Å². The molecule has 0 fully saturated rings. The van der Waals surface area contributed by atoms with Gasteiger partial charge in [-0.3, -0.25) is 0 Å². The molecular formula is C27H18N2O3Se. The van der Waals surface area contributed by atoms with Gasteiger partial charge in [0.05, 0.1) is 0 Å². The molecule has 2 heterocycles. The van der Waals surface area contributed by atoms with Crippen LogP contribution in [-0.4, -0.2) is 32.0 Å². The summed E-state index contributed by atoms with van der Waals surface area (Å²) in [5, 5.41) is 0. The number of hydrogen-bond donors (Lipinski definition) is 0. The van der Waals surface area contributed by atoms with Crippen molar-refractivity contribution in [3.05, 3.63) is 91.0 Å². The molecule has 2 aromatic heterocycles. The second-order valence-corrected chi connectivity index (χ2v) is 9.90. The summed E-state index contributed by atoms with van der Waals surface area (Å²) in [6, 6.07) is 30.1. The third kappa shape index (κ3) is 3.91. The van der Waals surface area contributed by atoms with Gasteiger partial charge in [-0.2, -0.15) is 0 Å². The van der Waals surface area contributed by atoms with Crippen LogP contribution in [-0.2, 0) is 0 Å². The summed E-state index contributed by atoms with van der Waals surface area (Å²) in [7, 11) is 1.65. The molecule has 33 heavy (non-hydrogen) atoms. The Labute approximate surface area is 196 Å². The van der Waals surface area contributed by atoms with E-state index in [4.69, 9.17) is 13.6 Å². The number of methoxy groups -OCH3 is 1. The van der Waals surface area contributed by atoms with Gasteiger partial charge >= 0.3 is 196 Å². The number of nitrogens with zero attached hydrogens (tertiary/aromatic N) is 2. The van der Waals surface area contributed by atoms with Crippen LogP contribution in [0.2, 0.25) is 0 Å². The molecule has 4 aromatic carbocycles. The summed E-state index contributed by atoms with van der Waals surface area (Å²) in [5.41, 5.74) is 5.19. The Bertz CT molecular complexity index is 1570. The van der Waals surface area contributed by atoms with E-state index >= 15 is 0 Å². The molecule has 0 atom stereocenters. The van der Waals surface area contributed by atoms with Gasteiger partial charge in [-0.15, -0.1) is 0 Å². The second-order valence-electron chi connectivity index (χ2n) is 7.49. The minimum atomic E-state index is 0.0924. The average molecular weight is 497 g/mol.